The maximum atomic E-state index is 2.25. The first-order valence-corrected chi connectivity index (χ1v) is 5.05. The molecule has 0 nitrogen and oxygen atoms in total. The number of rotatable bonds is 2. The minimum absolute atomic E-state index is 0.848. The second-order valence-electron chi connectivity index (χ2n) is 2.72. The summed E-state index contributed by atoms with van der Waals surface area (Å²) >= 11 is 0. The summed E-state index contributed by atoms with van der Waals surface area (Å²) in [6, 6.07) is 10.8. The summed E-state index contributed by atoms with van der Waals surface area (Å²) in [6.07, 6.45) is 1.29. The molecule has 54 valence electrons. The van der Waals surface area contributed by atoms with Crippen LogP contribution in [0.1, 0.15) is 24.4 Å². The highest BCUT2D eigenvalue weighted by Crippen LogP contribution is 2.13. The van der Waals surface area contributed by atoms with E-state index in [1.165, 1.54) is 22.2 Å². The molecule has 1 unspecified atom stereocenters. The van der Waals surface area contributed by atoms with E-state index in [1.807, 2.05) is 0 Å². The SMILES string of the molecule is CCC([SiH3])c1ccccc1. The average Bonchev–Trinajstić information content (AvgIpc) is 2.05. The third-order valence-electron chi connectivity index (χ3n) is 1.98. The van der Waals surface area contributed by atoms with Crippen LogP contribution >= 0.6 is 0 Å². The molecule has 1 rings (SSSR count). The number of hydrogen-bond acceptors (Lipinski definition) is 0. The van der Waals surface area contributed by atoms with Gasteiger partial charge >= 0.3 is 0 Å². The van der Waals surface area contributed by atoms with E-state index in [4.69, 9.17) is 0 Å². The van der Waals surface area contributed by atoms with E-state index < -0.39 is 0 Å². The summed E-state index contributed by atoms with van der Waals surface area (Å²) in [5.41, 5.74) is 2.36. The molecule has 1 aromatic carbocycles. The lowest BCUT2D eigenvalue weighted by atomic mass is 10.1. The first kappa shape index (κ1) is 7.54. The highest BCUT2D eigenvalue weighted by Gasteiger charge is 1.98. The van der Waals surface area contributed by atoms with Crippen LogP contribution in [0.4, 0.5) is 0 Å². The van der Waals surface area contributed by atoms with Crippen molar-refractivity contribution >= 4 is 10.2 Å². The van der Waals surface area contributed by atoms with Crippen molar-refractivity contribution in [2.45, 2.75) is 18.9 Å². The van der Waals surface area contributed by atoms with Crippen molar-refractivity contribution < 1.29 is 0 Å². The van der Waals surface area contributed by atoms with Gasteiger partial charge in [0.1, 0.15) is 0 Å². The van der Waals surface area contributed by atoms with Crippen LogP contribution in [0.2, 0.25) is 0 Å². The van der Waals surface area contributed by atoms with Gasteiger partial charge in [-0.25, -0.2) is 0 Å². The third kappa shape index (κ3) is 1.71. The smallest absolute Gasteiger partial charge is 0.0123 e. The van der Waals surface area contributed by atoms with Crippen LogP contribution in [0, 0.1) is 0 Å². The van der Waals surface area contributed by atoms with Gasteiger partial charge in [0.15, 0.2) is 0 Å². The van der Waals surface area contributed by atoms with Gasteiger partial charge in [0.05, 0.1) is 0 Å². The van der Waals surface area contributed by atoms with E-state index in [2.05, 4.69) is 37.3 Å². The van der Waals surface area contributed by atoms with Gasteiger partial charge in [0, 0.05) is 10.2 Å². The van der Waals surface area contributed by atoms with Crippen molar-refractivity contribution in [3.05, 3.63) is 35.9 Å². The summed E-state index contributed by atoms with van der Waals surface area (Å²) in [5.74, 6) is 0. The topological polar surface area (TPSA) is 0 Å². The first-order valence-electron chi connectivity index (χ1n) is 3.89. The molecule has 1 aromatic rings. The summed E-state index contributed by atoms with van der Waals surface area (Å²) in [7, 11) is 1.28. The third-order valence-corrected chi connectivity index (χ3v) is 3.46. The Hall–Kier alpha value is -0.563. The van der Waals surface area contributed by atoms with Gasteiger partial charge in [-0.05, 0) is 11.1 Å². The molecule has 0 saturated carbocycles. The van der Waals surface area contributed by atoms with Crippen LogP contribution < -0.4 is 0 Å². The lowest BCUT2D eigenvalue weighted by molar-refractivity contribution is 0.882. The van der Waals surface area contributed by atoms with Crippen molar-refractivity contribution in [1.29, 1.82) is 0 Å². The molecule has 0 fully saturated rings. The van der Waals surface area contributed by atoms with E-state index in [0.29, 0.717) is 0 Å². The predicted molar refractivity (Wildman–Crippen MR) is 49.4 cm³/mol. The van der Waals surface area contributed by atoms with Crippen molar-refractivity contribution in [3.8, 4) is 0 Å². The van der Waals surface area contributed by atoms with Gasteiger partial charge in [-0.2, -0.15) is 0 Å². The van der Waals surface area contributed by atoms with Gasteiger partial charge in [-0.3, -0.25) is 0 Å². The predicted octanol–water partition coefficient (Wildman–Crippen LogP) is 1.50. The number of benzene rings is 1. The van der Waals surface area contributed by atoms with Crippen LogP contribution in [0.5, 0.6) is 0 Å². The largest absolute Gasteiger partial charge is 0.0651 e. The maximum Gasteiger partial charge on any atom is 0.0123 e. The molecule has 0 heterocycles. The normalized spacial score (nSPS) is 13.3. The molecule has 0 bridgehead atoms. The molecule has 0 aliphatic heterocycles. The molecular weight excluding hydrogens is 136 g/mol. The minimum Gasteiger partial charge on any atom is -0.0651 e. The average molecular weight is 150 g/mol. The van der Waals surface area contributed by atoms with Crippen LogP contribution in [0.25, 0.3) is 0 Å². The highest BCUT2D eigenvalue weighted by atomic mass is 28.1. The molecule has 0 aromatic heterocycles. The standard InChI is InChI=1S/C9H14Si/c1-2-9(10)8-6-4-3-5-7-8/h3-7,9H,2H2,1,10H3. The fourth-order valence-electron chi connectivity index (χ4n) is 1.02. The van der Waals surface area contributed by atoms with Gasteiger partial charge in [-0.1, -0.05) is 43.7 Å². The molecule has 1 atom stereocenters. The van der Waals surface area contributed by atoms with E-state index in [-0.39, 0.29) is 0 Å². The van der Waals surface area contributed by atoms with Crippen LogP contribution in [0.15, 0.2) is 30.3 Å². The Morgan fingerprint density at radius 1 is 1.30 bits per heavy atom. The zero-order chi connectivity index (χ0) is 7.40. The molecule has 0 N–H and O–H groups in total. The van der Waals surface area contributed by atoms with E-state index in [9.17, 15) is 0 Å². The Morgan fingerprint density at radius 3 is 2.40 bits per heavy atom. The summed E-state index contributed by atoms with van der Waals surface area (Å²) < 4.78 is 0. The Labute approximate surface area is 65.7 Å². The Morgan fingerprint density at radius 2 is 1.90 bits per heavy atom. The van der Waals surface area contributed by atoms with Crippen LogP contribution in [0.3, 0.4) is 0 Å². The summed E-state index contributed by atoms with van der Waals surface area (Å²) in [6.45, 7) is 2.25. The van der Waals surface area contributed by atoms with Gasteiger partial charge < -0.3 is 0 Å². The molecule has 10 heavy (non-hydrogen) atoms. The zero-order valence-corrected chi connectivity index (χ0v) is 8.67. The molecule has 0 spiro atoms. The summed E-state index contributed by atoms with van der Waals surface area (Å²) in [4.78, 5) is 0. The van der Waals surface area contributed by atoms with Crippen molar-refractivity contribution in [2.24, 2.45) is 0 Å². The second kappa shape index (κ2) is 3.57. The van der Waals surface area contributed by atoms with Crippen LogP contribution in [-0.4, -0.2) is 10.2 Å². The first-order chi connectivity index (χ1) is 4.84. The lowest BCUT2D eigenvalue weighted by Crippen LogP contribution is -1.94. The Balaban J connectivity index is 2.75. The quantitative estimate of drug-likeness (QED) is 0.561. The fraction of sp³-hybridized carbons (Fsp3) is 0.333. The molecule has 0 aliphatic rings. The molecule has 0 radical (unpaired) electrons. The Kier molecular flexibility index (Phi) is 2.69. The van der Waals surface area contributed by atoms with Gasteiger partial charge in [0.25, 0.3) is 0 Å². The monoisotopic (exact) mass is 150 g/mol. The van der Waals surface area contributed by atoms with Crippen LogP contribution in [-0.2, 0) is 0 Å². The summed E-state index contributed by atoms with van der Waals surface area (Å²) in [5, 5.41) is 0. The zero-order valence-electron chi connectivity index (χ0n) is 6.67. The second-order valence-corrected chi connectivity index (χ2v) is 4.11. The molecule has 1 heteroatoms. The number of hydrogen-bond donors (Lipinski definition) is 0. The minimum atomic E-state index is 0.848. The molecule has 0 aliphatic carbocycles. The maximum absolute atomic E-state index is 2.25. The molecule has 0 saturated heterocycles. The fourth-order valence-corrected chi connectivity index (χ4v) is 1.40. The van der Waals surface area contributed by atoms with Gasteiger partial charge in [-0.15, -0.1) is 0 Å². The van der Waals surface area contributed by atoms with Gasteiger partial charge in [0.2, 0.25) is 0 Å². The molecular formula is C9H14Si. The lowest BCUT2D eigenvalue weighted by Gasteiger charge is -2.06. The van der Waals surface area contributed by atoms with Crippen molar-refractivity contribution in [2.75, 3.05) is 0 Å². The van der Waals surface area contributed by atoms with E-state index in [1.54, 1.807) is 0 Å². The van der Waals surface area contributed by atoms with Crippen molar-refractivity contribution in [3.63, 3.8) is 0 Å². The Bertz CT molecular complexity index is 181. The van der Waals surface area contributed by atoms with Crippen molar-refractivity contribution in [1.82, 2.24) is 0 Å². The van der Waals surface area contributed by atoms with E-state index >= 15 is 0 Å². The molecule has 0 amide bonds. The highest BCUT2D eigenvalue weighted by molar-refractivity contribution is 6.12. The van der Waals surface area contributed by atoms with E-state index in [0.717, 1.165) is 5.54 Å².